The van der Waals surface area contributed by atoms with Crippen molar-refractivity contribution in [3.8, 4) is 0 Å². The van der Waals surface area contributed by atoms with E-state index in [0.717, 1.165) is 20.5 Å². The lowest BCUT2D eigenvalue weighted by Gasteiger charge is -2.01. The second-order valence-electron chi connectivity index (χ2n) is 3.43. The normalized spacial score (nSPS) is 10.6. The molecule has 1 N–H and O–H groups in total. The van der Waals surface area contributed by atoms with Gasteiger partial charge in [0.25, 0.3) is 0 Å². The van der Waals surface area contributed by atoms with E-state index >= 15 is 0 Å². The van der Waals surface area contributed by atoms with Crippen LogP contribution >= 0.6 is 39.0 Å². The van der Waals surface area contributed by atoms with Gasteiger partial charge in [-0.05, 0) is 24.6 Å². The molecule has 3 nitrogen and oxygen atoms in total. The maximum absolute atomic E-state index is 13.6. The Morgan fingerprint density at radius 1 is 1.44 bits per heavy atom. The third-order valence-electron chi connectivity index (χ3n) is 2.10. The summed E-state index contributed by atoms with van der Waals surface area (Å²) in [6.07, 6.45) is 0. The number of aromatic nitrogens is 2. The van der Waals surface area contributed by atoms with Gasteiger partial charge >= 0.3 is 0 Å². The first-order valence-electron chi connectivity index (χ1n) is 5.33. The molecule has 2 rings (SSSR count). The second-order valence-corrected chi connectivity index (χ2v) is 6.54. The molecule has 7 heteroatoms. The molecule has 0 saturated heterocycles. The lowest BCUT2D eigenvalue weighted by atomic mass is 10.2. The van der Waals surface area contributed by atoms with Crippen LogP contribution in [0.15, 0.2) is 27.0 Å². The minimum atomic E-state index is -0.201. The maximum atomic E-state index is 13.6. The SMILES string of the molecule is CCNc1nnc(SCc2ccc(Br)cc2F)s1. The van der Waals surface area contributed by atoms with Gasteiger partial charge in [0.05, 0.1) is 0 Å². The molecule has 0 unspecified atom stereocenters. The average molecular weight is 348 g/mol. The summed E-state index contributed by atoms with van der Waals surface area (Å²) in [6, 6.07) is 5.09. The zero-order valence-electron chi connectivity index (χ0n) is 9.61. The van der Waals surface area contributed by atoms with Crippen molar-refractivity contribution in [2.75, 3.05) is 11.9 Å². The summed E-state index contributed by atoms with van der Waals surface area (Å²) in [6.45, 7) is 2.83. The monoisotopic (exact) mass is 347 g/mol. The first kappa shape index (κ1) is 13.8. The van der Waals surface area contributed by atoms with E-state index in [1.54, 1.807) is 6.07 Å². The van der Waals surface area contributed by atoms with E-state index in [4.69, 9.17) is 0 Å². The van der Waals surface area contributed by atoms with Crippen molar-refractivity contribution in [1.82, 2.24) is 10.2 Å². The van der Waals surface area contributed by atoms with Gasteiger partial charge in [0, 0.05) is 16.8 Å². The van der Waals surface area contributed by atoms with E-state index in [1.165, 1.54) is 29.2 Å². The number of anilines is 1. The van der Waals surface area contributed by atoms with Crippen LogP contribution < -0.4 is 5.32 Å². The highest BCUT2D eigenvalue weighted by molar-refractivity contribution is 9.10. The van der Waals surface area contributed by atoms with Gasteiger partial charge in [-0.3, -0.25) is 0 Å². The molecule has 1 aromatic carbocycles. The van der Waals surface area contributed by atoms with Gasteiger partial charge in [-0.2, -0.15) is 0 Å². The molecule has 96 valence electrons. The highest BCUT2D eigenvalue weighted by atomic mass is 79.9. The Balaban J connectivity index is 1.97. The minimum Gasteiger partial charge on any atom is -0.360 e. The van der Waals surface area contributed by atoms with Crippen molar-refractivity contribution in [1.29, 1.82) is 0 Å². The Morgan fingerprint density at radius 3 is 3.00 bits per heavy atom. The highest BCUT2D eigenvalue weighted by Gasteiger charge is 2.07. The van der Waals surface area contributed by atoms with Crippen molar-refractivity contribution in [2.24, 2.45) is 0 Å². The molecule has 0 bridgehead atoms. The molecule has 0 aliphatic rings. The van der Waals surface area contributed by atoms with Crippen molar-refractivity contribution in [2.45, 2.75) is 17.0 Å². The number of halogens is 2. The molecule has 0 aliphatic carbocycles. The van der Waals surface area contributed by atoms with Gasteiger partial charge < -0.3 is 5.32 Å². The Bertz CT molecular complexity index is 533. The summed E-state index contributed by atoms with van der Waals surface area (Å²) < 4.78 is 15.2. The van der Waals surface area contributed by atoms with E-state index in [9.17, 15) is 4.39 Å². The number of rotatable bonds is 5. The van der Waals surface area contributed by atoms with Gasteiger partial charge in [0.2, 0.25) is 5.13 Å². The van der Waals surface area contributed by atoms with Gasteiger partial charge in [0.15, 0.2) is 4.34 Å². The smallest absolute Gasteiger partial charge is 0.206 e. The van der Waals surface area contributed by atoms with E-state index < -0.39 is 0 Å². The van der Waals surface area contributed by atoms with Crippen molar-refractivity contribution in [3.05, 3.63) is 34.1 Å². The number of benzene rings is 1. The summed E-state index contributed by atoms with van der Waals surface area (Å²) >= 11 is 6.21. The highest BCUT2D eigenvalue weighted by Crippen LogP contribution is 2.29. The molecular weight excluding hydrogens is 337 g/mol. The predicted octanol–water partition coefficient (Wildman–Crippen LogP) is 4.16. The van der Waals surface area contributed by atoms with Crippen LogP contribution in [-0.2, 0) is 5.75 Å². The molecule has 0 spiro atoms. The van der Waals surface area contributed by atoms with Crippen molar-refractivity contribution in [3.63, 3.8) is 0 Å². The second kappa shape index (κ2) is 6.49. The number of nitrogens with one attached hydrogen (secondary N) is 1. The van der Waals surface area contributed by atoms with Crippen LogP contribution in [0.4, 0.5) is 9.52 Å². The first-order chi connectivity index (χ1) is 8.69. The predicted molar refractivity (Wildman–Crippen MR) is 77.7 cm³/mol. The quantitative estimate of drug-likeness (QED) is 0.824. The van der Waals surface area contributed by atoms with Crippen LogP contribution in [-0.4, -0.2) is 16.7 Å². The van der Waals surface area contributed by atoms with Gasteiger partial charge in [-0.25, -0.2) is 4.39 Å². The standard InChI is InChI=1S/C11H11BrFN3S2/c1-2-14-10-15-16-11(18-10)17-6-7-3-4-8(12)5-9(7)13/h3-5H,2,6H2,1H3,(H,14,15). The molecule has 0 saturated carbocycles. The number of nitrogens with zero attached hydrogens (tertiary/aromatic N) is 2. The summed E-state index contributed by atoms with van der Waals surface area (Å²) in [5.41, 5.74) is 0.670. The molecule has 0 atom stereocenters. The number of hydrogen-bond acceptors (Lipinski definition) is 5. The fraction of sp³-hybridized carbons (Fsp3) is 0.273. The van der Waals surface area contributed by atoms with Crippen molar-refractivity contribution < 1.29 is 4.39 Å². The largest absolute Gasteiger partial charge is 0.360 e. The molecule has 0 fully saturated rings. The fourth-order valence-corrected chi connectivity index (χ4v) is 3.41. The molecular formula is C11H11BrFN3S2. The Hall–Kier alpha value is -0.660. The molecule has 18 heavy (non-hydrogen) atoms. The lowest BCUT2D eigenvalue weighted by Crippen LogP contribution is -1.94. The number of hydrogen-bond donors (Lipinski definition) is 1. The van der Waals surface area contributed by atoms with Crippen LogP contribution in [0, 0.1) is 5.82 Å². The summed E-state index contributed by atoms with van der Waals surface area (Å²) in [5, 5.41) is 11.9. The van der Waals surface area contributed by atoms with E-state index in [-0.39, 0.29) is 5.82 Å². The van der Waals surface area contributed by atoms with E-state index in [1.807, 2.05) is 13.0 Å². The summed E-state index contributed by atoms with van der Waals surface area (Å²) in [5.74, 6) is 0.355. The minimum absolute atomic E-state index is 0.201. The van der Waals surface area contributed by atoms with Crippen LogP contribution in [0.5, 0.6) is 0 Å². The third kappa shape index (κ3) is 3.66. The molecule has 1 aromatic heterocycles. The molecule has 0 radical (unpaired) electrons. The van der Waals surface area contributed by atoms with Crippen molar-refractivity contribution >= 4 is 44.2 Å². The van der Waals surface area contributed by atoms with E-state index in [0.29, 0.717) is 11.3 Å². The zero-order chi connectivity index (χ0) is 13.0. The zero-order valence-corrected chi connectivity index (χ0v) is 12.8. The Labute approximate surface area is 121 Å². The van der Waals surface area contributed by atoms with Crippen LogP contribution in [0.2, 0.25) is 0 Å². The summed E-state index contributed by atoms with van der Waals surface area (Å²) in [4.78, 5) is 0. The maximum Gasteiger partial charge on any atom is 0.206 e. The lowest BCUT2D eigenvalue weighted by molar-refractivity contribution is 0.616. The van der Waals surface area contributed by atoms with Crippen LogP contribution in [0.3, 0.4) is 0 Å². The van der Waals surface area contributed by atoms with Crippen LogP contribution in [0.1, 0.15) is 12.5 Å². The van der Waals surface area contributed by atoms with Crippen LogP contribution in [0.25, 0.3) is 0 Å². The van der Waals surface area contributed by atoms with Gasteiger partial charge in [-0.1, -0.05) is 45.1 Å². The average Bonchev–Trinajstić information content (AvgIpc) is 2.76. The third-order valence-corrected chi connectivity index (χ3v) is 4.66. The molecule has 0 aliphatic heterocycles. The summed E-state index contributed by atoms with van der Waals surface area (Å²) in [7, 11) is 0. The molecule has 2 aromatic rings. The first-order valence-corrected chi connectivity index (χ1v) is 7.92. The van der Waals surface area contributed by atoms with Gasteiger partial charge in [-0.15, -0.1) is 10.2 Å². The Kier molecular flexibility index (Phi) is 4.96. The molecule has 0 amide bonds. The van der Waals surface area contributed by atoms with Gasteiger partial charge in [0.1, 0.15) is 5.82 Å². The fourth-order valence-electron chi connectivity index (χ4n) is 1.27. The van der Waals surface area contributed by atoms with E-state index in [2.05, 4.69) is 31.4 Å². The Morgan fingerprint density at radius 2 is 2.28 bits per heavy atom. The topological polar surface area (TPSA) is 37.8 Å². The number of thioether (sulfide) groups is 1. The molecule has 1 heterocycles.